The highest BCUT2D eigenvalue weighted by atomic mass is 35.5. The molecule has 1 aliphatic rings. The third-order valence-electron chi connectivity index (χ3n) is 4.81. The van der Waals surface area contributed by atoms with E-state index in [2.05, 4.69) is 15.8 Å². The topological polar surface area (TPSA) is 79.8 Å². The zero-order valence-electron chi connectivity index (χ0n) is 17.2. The van der Waals surface area contributed by atoms with Gasteiger partial charge in [-0.15, -0.1) is 0 Å². The minimum absolute atomic E-state index is 0.0793. The summed E-state index contributed by atoms with van der Waals surface area (Å²) in [5, 5.41) is 7.73. The number of hydrogen-bond acceptors (Lipinski definition) is 4. The molecule has 158 valence electrons. The van der Waals surface area contributed by atoms with E-state index in [4.69, 9.17) is 16.3 Å². The maximum absolute atomic E-state index is 12.0. The van der Waals surface area contributed by atoms with Gasteiger partial charge in [0.25, 0.3) is 0 Å². The maximum Gasteiger partial charge on any atom is 0.240 e. The van der Waals surface area contributed by atoms with Crippen LogP contribution in [0.15, 0.2) is 47.6 Å². The highest BCUT2D eigenvalue weighted by Crippen LogP contribution is 2.30. The Morgan fingerprint density at radius 2 is 1.90 bits per heavy atom. The van der Waals surface area contributed by atoms with E-state index in [0.29, 0.717) is 30.2 Å². The van der Waals surface area contributed by atoms with Gasteiger partial charge < -0.3 is 10.1 Å². The minimum atomic E-state index is -0.168. The lowest BCUT2D eigenvalue weighted by Crippen LogP contribution is -2.19. The second-order valence-electron chi connectivity index (χ2n) is 7.43. The SMILES string of the molecule is CC(=NNC(=O)CCCOc1ccc(Cl)cc1C)c1ccc(NC(=O)C2CC2)cc1. The van der Waals surface area contributed by atoms with Crippen molar-refractivity contribution in [1.29, 1.82) is 0 Å². The van der Waals surface area contributed by atoms with Gasteiger partial charge in [0.2, 0.25) is 11.8 Å². The Labute approximate surface area is 181 Å². The Morgan fingerprint density at radius 1 is 1.17 bits per heavy atom. The fourth-order valence-electron chi connectivity index (χ4n) is 2.84. The van der Waals surface area contributed by atoms with E-state index in [1.165, 1.54) is 0 Å². The molecule has 30 heavy (non-hydrogen) atoms. The van der Waals surface area contributed by atoms with Crippen molar-refractivity contribution in [2.75, 3.05) is 11.9 Å². The zero-order valence-corrected chi connectivity index (χ0v) is 18.0. The molecular formula is C23H26ClN3O3. The maximum atomic E-state index is 12.0. The average molecular weight is 428 g/mol. The van der Waals surface area contributed by atoms with Crippen LogP contribution in [0, 0.1) is 12.8 Å². The number of hydrogen-bond donors (Lipinski definition) is 2. The standard InChI is InChI=1S/C23H26ClN3O3/c1-15-14-19(24)9-12-21(15)30-13-3-4-22(28)27-26-16(2)17-7-10-20(11-8-17)25-23(29)18-5-6-18/h7-12,14,18H,3-6,13H2,1-2H3,(H,25,29)(H,27,28). The number of ether oxygens (including phenoxy) is 1. The predicted octanol–water partition coefficient (Wildman–Crippen LogP) is 4.70. The third-order valence-corrected chi connectivity index (χ3v) is 5.04. The molecule has 1 fully saturated rings. The Bertz CT molecular complexity index is 937. The molecule has 0 unspecified atom stereocenters. The van der Waals surface area contributed by atoms with Gasteiger partial charge in [-0.25, -0.2) is 5.43 Å². The third kappa shape index (κ3) is 6.59. The van der Waals surface area contributed by atoms with Crippen LogP contribution in [0.25, 0.3) is 0 Å². The summed E-state index contributed by atoms with van der Waals surface area (Å²) < 4.78 is 5.69. The molecule has 0 radical (unpaired) electrons. The first kappa shape index (κ1) is 21.8. The van der Waals surface area contributed by atoms with Crippen LogP contribution >= 0.6 is 11.6 Å². The molecule has 0 aromatic heterocycles. The monoisotopic (exact) mass is 427 g/mol. The average Bonchev–Trinajstić information content (AvgIpc) is 3.57. The van der Waals surface area contributed by atoms with E-state index in [0.717, 1.165) is 35.4 Å². The molecular weight excluding hydrogens is 402 g/mol. The van der Waals surface area contributed by atoms with Crippen molar-refractivity contribution in [3.8, 4) is 5.75 Å². The van der Waals surface area contributed by atoms with Crippen molar-refractivity contribution in [2.24, 2.45) is 11.0 Å². The Hall–Kier alpha value is -2.86. The number of hydrazone groups is 1. The fourth-order valence-corrected chi connectivity index (χ4v) is 3.07. The molecule has 2 amide bonds. The molecule has 7 heteroatoms. The molecule has 2 aromatic carbocycles. The largest absolute Gasteiger partial charge is 0.493 e. The molecule has 0 atom stereocenters. The van der Waals surface area contributed by atoms with E-state index in [9.17, 15) is 9.59 Å². The van der Waals surface area contributed by atoms with Crippen LogP contribution in [0.3, 0.4) is 0 Å². The molecule has 6 nitrogen and oxygen atoms in total. The summed E-state index contributed by atoms with van der Waals surface area (Å²) in [5.74, 6) is 0.851. The van der Waals surface area contributed by atoms with E-state index in [1.807, 2.05) is 50.2 Å². The van der Waals surface area contributed by atoms with E-state index in [1.54, 1.807) is 6.07 Å². The Morgan fingerprint density at radius 3 is 2.57 bits per heavy atom. The minimum Gasteiger partial charge on any atom is -0.493 e. The highest BCUT2D eigenvalue weighted by Gasteiger charge is 2.29. The van der Waals surface area contributed by atoms with Crippen molar-refractivity contribution < 1.29 is 14.3 Å². The van der Waals surface area contributed by atoms with Crippen LogP contribution in [0.5, 0.6) is 5.75 Å². The summed E-state index contributed by atoms with van der Waals surface area (Å²) in [4.78, 5) is 23.8. The van der Waals surface area contributed by atoms with Gasteiger partial charge in [-0.2, -0.15) is 5.10 Å². The van der Waals surface area contributed by atoms with E-state index in [-0.39, 0.29) is 17.7 Å². The van der Waals surface area contributed by atoms with Crippen LogP contribution in [0.1, 0.15) is 43.7 Å². The van der Waals surface area contributed by atoms with Crippen LogP contribution in [0.2, 0.25) is 5.02 Å². The van der Waals surface area contributed by atoms with Crippen LogP contribution in [0.4, 0.5) is 5.69 Å². The lowest BCUT2D eigenvalue weighted by atomic mass is 10.1. The van der Waals surface area contributed by atoms with E-state index < -0.39 is 0 Å². The van der Waals surface area contributed by atoms with Crippen LogP contribution < -0.4 is 15.5 Å². The summed E-state index contributed by atoms with van der Waals surface area (Å²) >= 11 is 5.93. The molecule has 0 saturated heterocycles. The summed E-state index contributed by atoms with van der Waals surface area (Å²) in [6, 6.07) is 12.9. The van der Waals surface area contributed by atoms with Crippen LogP contribution in [-0.4, -0.2) is 24.1 Å². The molecule has 0 spiro atoms. The number of amides is 2. The summed E-state index contributed by atoms with van der Waals surface area (Å²) in [7, 11) is 0. The molecule has 1 aliphatic carbocycles. The van der Waals surface area contributed by atoms with E-state index >= 15 is 0 Å². The number of nitrogens with one attached hydrogen (secondary N) is 2. The first-order chi connectivity index (χ1) is 14.4. The van der Waals surface area contributed by atoms with Gasteiger partial charge in [-0.3, -0.25) is 9.59 Å². The smallest absolute Gasteiger partial charge is 0.240 e. The second-order valence-corrected chi connectivity index (χ2v) is 7.87. The molecule has 0 bridgehead atoms. The molecule has 2 aromatic rings. The van der Waals surface area contributed by atoms with Gasteiger partial charge in [0, 0.05) is 23.0 Å². The quantitative estimate of drug-likeness (QED) is 0.346. The molecule has 1 saturated carbocycles. The van der Waals surface area contributed by atoms with Gasteiger partial charge in [-0.1, -0.05) is 23.7 Å². The first-order valence-electron chi connectivity index (χ1n) is 10.1. The Kier molecular flexibility index (Phi) is 7.46. The fraction of sp³-hybridized carbons (Fsp3) is 0.348. The molecule has 3 rings (SSSR count). The van der Waals surface area contributed by atoms with Crippen molar-refractivity contribution in [3.63, 3.8) is 0 Å². The van der Waals surface area contributed by atoms with Crippen molar-refractivity contribution in [2.45, 2.75) is 39.5 Å². The highest BCUT2D eigenvalue weighted by molar-refractivity contribution is 6.30. The van der Waals surface area contributed by atoms with Crippen molar-refractivity contribution >= 4 is 34.8 Å². The van der Waals surface area contributed by atoms with Crippen LogP contribution in [-0.2, 0) is 9.59 Å². The van der Waals surface area contributed by atoms with Crippen molar-refractivity contribution in [3.05, 3.63) is 58.6 Å². The number of nitrogens with zero attached hydrogens (tertiary/aromatic N) is 1. The molecule has 0 aliphatic heterocycles. The van der Waals surface area contributed by atoms with Gasteiger partial charge in [0.15, 0.2) is 0 Å². The van der Waals surface area contributed by atoms with Gasteiger partial charge in [0.05, 0.1) is 12.3 Å². The summed E-state index contributed by atoms with van der Waals surface area (Å²) in [5.41, 5.74) is 5.87. The zero-order chi connectivity index (χ0) is 21.5. The predicted molar refractivity (Wildman–Crippen MR) is 119 cm³/mol. The number of anilines is 1. The lowest BCUT2D eigenvalue weighted by Gasteiger charge is -2.09. The molecule has 0 heterocycles. The first-order valence-corrected chi connectivity index (χ1v) is 10.4. The van der Waals surface area contributed by atoms with Crippen molar-refractivity contribution in [1.82, 2.24) is 5.43 Å². The second kappa shape index (κ2) is 10.3. The number of aryl methyl sites for hydroxylation is 1. The van der Waals surface area contributed by atoms with Gasteiger partial charge >= 0.3 is 0 Å². The number of benzene rings is 2. The number of halogens is 1. The number of rotatable bonds is 9. The van der Waals surface area contributed by atoms with Gasteiger partial charge in [0.1, 0.15) is 5.75 Å². The number of carbonyl (C=O) groups is 2. The Balaban J connectivity index is 1.39. The summed E-state index contributed by atoms with van der Waals surface area (Å²) in [6.07, 6.45) is 2.85. The number of carbonyl (C=O) groups excluding carboxylic acids is 2. The van der Waals surface area contributed by atoms with Gasteiger partial charge in [-0.05, 0) is 74.6 Å². The summed E-state index contributed by atoms with van der Waals surface area (Å²) in [6.45, 7) is 4.19. The lowest BCUT2D eigenvalue weighted by molar-refractivity contribution is -0.121. The molecule has 2 N–H and O–H groups in total. The normalized spacial score (nSPS) is 13.6.